The number of piperidine rings is 1. The summed E-state index contributed by atoms with van der Waals surface area (Å²) in [4.78, 5) is 22.7. The Morgan fingerprint density at radius 3 is 2.48 bits per heavy atom. The molecule has 1 heterocycles. The third-order valence-corrected chi connectivity index (χ3v) is 4.62. The van der Waals surface area contributed by atoms with Crippen molar-refractivity contribution in [2.75, 3.05) is 18.0 Å². The van der Waals surface area contributed by atoms with Crippen molar-refractivity contribution in [3.63, 3.8) is 0 Å². The van der Waals surface area contributed by atoms with Crippen LogP contribution in [-0.2, 0) is 4.79 Å². The molecule has 25 heavy (non-hydrogen) atoms. The van der Waals surface area contributed by atoms with Crippen molar-refractivity contribution in [1.29, 1.82) is 0 Å². The molecule has 1 aromatic carbocycles. The summed E-state index contributed by atoms with van der Waals surface area (Å²) in [5, 5.41) is 30.4. The van der Waals surface area contributed by atoms with Crippen molar-refractivity contribution in [1.82, 2.24) is 0 Å². The lowest BCUT2D eigenvalue weighted by Gasteiger charge is -2.42. The molecule has 2 rings (SSSR count). The maximum Gasteiger partial charge on any atom is 0.304 e. The van der Waals surface area contributed by atoms with Gasteiger partial charge in [-0.2, -0.15) is 4.39 Å². The maximum atomic E-state index is 13.8. The monoisotopic (exact) mass is 354 g/mol. The van der Waals surface area contributed by atoms with Crippen LogP contribution in [0.5, 0.6) is 0 Å². The molecular weight excluding hydrogens is 331 g/mol. The molecule has 1 aliphatic rings. The molecule has 1 saturated heterocycles. The molecule has 138 valence electrons. The van der Waals surface area contributed by atoms with Gasteiger partial charge in [-0.05, 0) is 30.7 Å². The van der Waals surface area contributed by atoms with Crippen LogP contribution in [0, 0.1) is 21.3 Å². The van der Waals surface area contributed by atoms with Gasteiger partial charge in [0.25, 0.3) is 0 Å². The lowest BCUT2D eigenvalue weighted by Crippen LogP contribution is -2.46. The molecule has 1 fully saturated rings. The van der Waals surface area contributed by atoms with Gasteiger partial charge in [0.15, 0.2) is 0 Å². The Hall–Kier alpha value is -2.22. The van der Waals surface area contributed by atoms with Crippen LogP contribution in [-0.4, -0.2) is 39.8 Å². The molecule has 1 aromatic rings. The number of nitrogens with zero attached hydrogens (tertiary/aromatic N) is 2. The number of carboxylic acids is 1. The van der Waals surface area contributed by atoms with E-state index in [1.54, 1.807) is 0 Å². The van der Waals surface area contributed by atoms with Gasteiger partial charge in [-0.25, -0.2) is 0 Å². The second kappa shape index (κ2) is 6.95. The van der Waals surface area contributed by atoms with E-state index < -0.39 is 33.4 Å². The smallest absolute Gasteiger partial charge is 0.304 e. The Morgan fingerprint density at radius 1 is 1.40 bits per heavy atom. The van der Waals surface area contributed by atoms with E-state index in [-0.39, 0.29) is 6.42 Å². The number of carboxylic acid groups (broad SMARTS) is 1. The molecule has 7 nitrogen and oxygen atoms in total. The van der Waals surface area contributed by atoms with Crippen LogP contribution in [0.15, 0.2) is 18.2 Å². The van der Waals surface area contributed by atoms with E-state index in [1.165, 1.54) is 6.07 Å². The van der Waals surface area contributed by atoms with Crippen molar-refractivity contribution in [3.05, 3.63) is 34.1 Å². The first kappa shape index (κ1) is 19.1. The first-order valence-corrected chi connectivity index (χ1v) is 8.14. The molecule has 8 heteroatoms. The van der Waals surface area contributed by atoms with Crippen molar-refractivity contribution in [2.24, 2.45) is 5.41 Å². The number of carbonyl (C=O) groups is 1. The second-order valence-electron chi connectivity index (χ2n) is 7.52. The fraction of sp³-hybridized carbons (Fsp3) is 0.588. The van der Waals surface area contributed by atoms with Gasteiger partial charge in [-0.1, -0.05) is 13.8 Å². The quantitative estimate of drug-likeness (QED) is 0.601. The van der Waals surface area contributed by atoms with Gasteiger partial charge in [0.1, 0.15) is 0 Å². The Morgan fingerprint density at radius 2 is 2.00 bits per heavy atom. The number of aliphatic hydroxyl groups is 1. The van der Waals surface area contributed by atoms with E-state index in [0.717, 1.165) is 12.1 Å². The number of halogens is 1. The van der Waals surface area contributed by atoms with Crippen LogP contribution in [0.4, 0.5) is 15.8 Å². The van der Waals surface area contributed by atoms with E-state index >= 15 is 0 Å². The van der Waals surface area contributed by atoms with Crippen molar-refractivity contribution >= 4 is 17.3 Å². The maximum absolute atomic E-state index is 13.8. The lowest BCUT2D eigenvalue weighted by molar-refractivity contribution is -0.387. The molecule has 0 saturated carbocycles. The van der Waals surface area contributed by atoms with E-state index in [9.17, 15) is 24.4 Å². The summed E-state index contributed by atoms with van der Waals surface area (Å²) < 4.78 is 13.8. The molecule has 0 unspecified atom stereocenters. The van der Waals surface area contributed by atoms with Crippen LogP contribution in [0.25, 0.3) is 0 Å². The Kier molecular flexibility index (Phi) is 5.31. The second-order valence-corrected chi connectivity index (χ2v) is 7.52. The lowest BCUT2D eigenvalue weighted by atomic mass is 9.74. The zero-order chi connectivity index (χ0) is 18.8. The summed E-state index contributed by atoms with van der Waals surface area (Å²) in [6.07, 6.45) is 1.20. The predicted octanol–water partition coefficient (Wildman–Crippen LogP) is 2.96. The number of aliphatic carboxylic acids is 1. The number of benzene rings is 1. The first-order valence-electron chi connectivity index (χ1n) is 8.14. The molecule has 0 aliphatic carbocycles. The molecule has 0 atom stereocenters. The number of nitro benzene ring substituents is 1. The topological polar surface area (TPSA) is 104 Å². The zero-order valence-corrected chi connectivity index (χ0v) is 14.4. The normalized spacial score (nSPS) is 17.4. The summed E-state index contributed by atoms with van der Waals surface area (Å²) in [5.41, 5.74) is -1.51. The summed E-state index contributed by atoms with van der Waals surface area (Å²) >= 11 is 0. The summed E-state index contributed by atoms with van der Waals surface area (Å²) in [5.74, 6) is -1.78. The first-order chi connectivity index (χ1) is 11.5. The van der Waals surface area contributed by atoms with Gasteiger partial charge in [0.05, 0.1) is 16.9 Å². The summed E-state index contributed by atoms with van der Waals surface area (Å²) in [6, 6.07) is 3.78. The Balaban J connectivity index is 2.02. The Bertz CT molecular complexity index is 669. The average molecular weight is 354 g/mol. The highest BCUT2D eigenvalue weighted by atomic mass is 19.1. The molecule has 0 radical (unpaired) electrons. The fourth-order valence-electron chi connectivity index (χ4n) is 3.56. The van der Waals surface area contributed by atoms with E-state index in [4.69, 9.17) is 5.11 Å². The zero-order valence-electron chi connectivity index (χ0n) is 14.4. The molecule has 0 aromatic heterocycles. The summed E-state index contributed by atoms with van der Waals surface area (Å²) in [6.45, 7) is 4.57. The van der Waals surface area contributed by atoms with Crippen molar-refractivity contribution in [3.8, 4) is 0 Å². The van der Waals surface area contributed by atoms with Gasteiger partial charge >= 0.3 is 11.7 Å². The highest BCUT2D eigenvalue weighted by molar-refractivity contribution is 5.67. The average Bonchev–Trinajstić information content (AvgIpc) is 2.44. The van der Waals surface area contributed by atoms with Crippen molar-refractivity contribution in [2.45, 2.75) is 45.1 Å². The Labute approximate surface area is 145 Å². The van der Waals surface area contributed by atoms with Crippen molar-refractivity contribution < 1.29 is 24.3 Å². The van der Waals surface area contributed by atoms with Crippen LogP contribution < -0.4 is 4.90 Å². The molecule has 2 N–H and O–H groups in total. The minimum Gasteiger partial charge on any atom is -0.481 e. The minimum absolute atomic E-state index is 0.0212. The third-order valence-electron chi connectivity index (χ3n) is 4.62. The largest absolute Gasteiger partial charge is 0.481 e. The number of rotatable bonds is 6. The van der Waals surface area contributed by atoms with Crippen LogP contribution in [0.1, 0.15) is 39.5 Å². The van der Waals surface area contributed by atoms with Gasteiger partial charge < -0.3 is 15.1 Å². The molecule has 0 spiro atoms. The number of anilines is 1. The highest BCUT2D eigenvalue weighted by Gasteiger charge is 2.38. The number of hydrogen-bond donors (Lipinski definition) is 2. The fourth-order valence-corrected chi connectivity index (χ4v) is 3.56. The number of nitro groups is 1. The van der Waals surface area contributed by atoms with Gasteiger partial charge in [-0.3, -0.25) is 14.9 Å². The molecule has 0 amide bonds. The SMILES string of the molecule is CC(C)(CC(=O)O)CC1(O)CCN(c2ccc([N+](=O)[O-])c(F)c2)CC1. The molecule has 0 bridgehead atoms. The van der Waals surface area contributed by atoms with Crippen LogP contribution >= 0.6 is 0 Å². The van der Waals surface area contributed by atoms with Crippen LogP contribution in [0.3, 0.4) is 0 Å². The van der Waals surface area contributed by atoms with Crippen LogP contribution in [0.2, 0.25) is 0 Å². The highest BCUT2D eigenvalue weighted by Crippen LogP contribution is 2.38. The molecular formula is C17H23FN2O5. The standard InChI is InChI=1S/C17H23FN2O5/c1-16(2,10-15(21)22)11-17(23)5-7-19(8-6-17)12-3-4-14(20(24)25)13(18)9-12/h3-4,9,23H,5-8,10-11H2,1-2H3,(H,21,22). The van der Waals surface area contributed by atoms with E-state index in [2.05, 4.69) is 0 Å². The molecule has 1 aliphatic heterocycles. The predicted molar refractivity (Wildman–Crippen MR) is 90.1 cm³/mol. The number of hydrogen-bond acceptors (Lipinski definition) is 5. The van der Waals surface area contributed by atoms with Gasteiger partial charge in [0, 0.05) is 30.9 Å². The van der Waals surface area contributed by atoms with E-state index in [0.29, 0.717) is 38.0 Å². The van der Waals surface area contributed by atoms with Gasteiger partial charge in [-0.15, -0.1) is 0 Å². The van der Waals surface area contributed by atoms with Gasteiger partial charge in [0.2, 0.25) is 5.82 Å². The summed E-state index contributed by atoms with van der Waals surface area (Å²) in [7, 11) is 0. The minimum atomic E-state index is -0.964. The third kappa shape index (κ3) is 4.88. The van der Waals surface area contributed by atoms with E-state index in [1.807, 2.05) is 18.7 Å².